The molecule has 0 saturated heterocycles. The summed E-state index contributed by atoms with van der Waals surface area (Å²) in [6.07, 6.45) is 0.625. The lowest BCUT2D eigenvalue weighted by atomic mass is 10.0. The second-order valence-electron chi connectivity index (χ2n) is 4.24. The number of furan rings is 1. The van der Waals surface area contributed by atoms with E-state index in [-0.39, 0.29) is 30.3 Å². The minimum Gasteiger partial charge on any atom is -0.464 e. The maximum Gasteiger partial charge on any atom is 0.167 e. The van der Waals surface area contributed by atoms with Gasteiger partial charge >= 0.3 is 0 Å². The van der Waals surface area contributed by atoms with Gasteiger partial charge in [-0.25, -0.2) is 8.42 Å². The first-order valence-corrected chi connectivity index (χ1v) is 7.31. The van der Waals surface area contributed by atoms with E-state index >= 15 is 0 Å². The van der Waals surface area contributed by atoms with Crippen LogP contribution >= 0.6 is 0 Å². The molecule has 2 N–H and O–H groups in total. The topological polar surface area (TPSA) is 90.4 Å². The van der Waals surface area contributed by atoms with Crippen molar-refractivity contribution in [3.63, 3.8) is 0 Å². The lowest BCUT2D eigenvalue weighted by molar-refractivity contribution is 0.0983. The molecule has 0 amide bonds. The second-order valence-corrected chi connectivity index (χ2v) is 6.42. The molecule has 0 fully saturated rings. The van der Waals surface area contributed by atoms with Gasteiger partial charge in [0, 0.05) is 12.0 Å². The Labute approximate surface area is 99.9 Å². The predicted molar refractivity (Wildman–Crippen MR) is 62.6 cm³/mol. The molecule has 5 nitrogen and oxygen atoms in total. The quantitative estimate of drug-likeness (QED) is 0.800. The Balaban J connectivity index is 2.44. The van der Waals surface area contributed by atoms with Gasteiger partial charge < -0.3 is 10.2 Å². The number of Topliss-reactive ketones (excluding diaryl/α,β-unsaturated/α-hetero) is 1. The summed E-state index contributed by atoms with van der Waals surface area (Å²) in [6, 6.07) is 0. The third-order valence-corrected chi connectivity index (χ3v) is 4.46. The third kappa shape index (κ3) is 2.28. The number of rotatable bonds is 3. The van der Waals surface area contributed by atoms with Gasteiger partial charge in [-0.05, 0) is 19.9 Å². The van der Waals surface area contributed by atoms with Gasteiger partial charge in [-0.2, -0.15) is 0 Å². The molecule has 17 heavy (non-hydrogen) atoms. The number of sulfone groups is 1. The Hall–Kier alpha value is -1.14. The van der Waals surface area contributed by atoms with Crippen molar-refractivity contribution in [2.75, 3.05) is 12.3 Å². The molecule has 1 aromatic rings. The van der Waals surface area contributed by atoms with Crippen LogP contribution in [0.25, 0.3) is 0 Å². The van der Waals surface area contributed by atoms with E-state index in [0.717, 1.165) is 5.56 Å². The van der Waals surface area contributed by atoms with Crippen LogP contribution in [0.4, 0.5) is 0 Å². The number of aryl methyl sites for hydroxylation is 1. The Bertz CT molecular complexity index is 556. The van der Waals surface area contributed by atoms with Gasteiger partial charge in [-0.3, -0.25) is 4.79 Å². The van der Waals surface area contributed by atoms with Crippen molar-refractivity contribution >= 4 is 15.6 Å². The molecule has 0 radical (unpaired) electrons. The Morgan fingerprint density at radius 3 is 2.82 bits per heavy atom. The summed E-state index contributed by atoms with van der Waals surface area (Å²) in [5.74, 6) is 0.856. The lowest BCUT2D eigenvalue weighted by Gasteiger charge is -2.11. The van der Waals surface area contributed by atoms with Crippen LogP contribution in [0.5, 0.6) is 0 Å². The molecule has 1 aliphatic heterocycles. The SMILES string of the molecule is Cc1oc2c(c1C(=O)CCN)CCS(=O)(=O)C2. The van der Waals surface area contributed by atoms with Gasteiger partial charge in [0.2, 0.25) is 0 Å². The van der Waals surface area contributed by atoms with Crippen LogP contribution in [0.15, 0.2) is 4.42 Å². The summed E-state index contributed by atoms with van der Waals surface area (Å²) in [7, 11) is -3.07. The number of ketones is 1. The first-order chi connectivity index (χ1) is 7.94. The van der Waals surface area contributed by atoms with Gasteiger partial charge in [0.05, 0.1) is 11.3 Å². The molecule has 2 heterocycles. The molecule has 0 aromatic carbocycles. The summed E-state index contributed by atoms with van der Waals surface area (Å²) in [5.41, 5.74) is 6.66. The van der Waals surface area contributed by atoms with Crippen molar-refractivity contribution in [3.8, 4) is 0 Å². The fourth-order valence-corrected chi connectivity index (χ4v) is 3.47. The molecule has 0 spiro atoms. The Morgan fingerprint density at radius 2 is 2.18 bits per heavy atom. The highest BCUT2D eigenvalue weighted by Gasteiger charge is 2.30. The molecule has 1 aromatic heterocycles. The van der Waals surface area contributed by atoms with Crippen molar-refractivity contribution in [1.29, 1.82) is 0 Å². The molecule has 1 aliphatic rings. The highest BCUT2D eigenvalue weighted by atomic mass is 32.2. The minimum atomic E-state index is -3.07. The molecular weight excluding hydrogens is 242 g/mol. The second kappa shape index (κ2) is 4.27. The van der Waals surface area contributed by atoms with Gasteiger partial charge in [-0.1, -0.05) is 0 Å². The summed E-state index contributed by atoms with van der Waals surface area (Å²) >= 11 is 0. The van der Waals surface area contributed by atoms with Crippen LogP contribution in [0.3, 0.4) is 0 Å². The Kier molecular flexibility index (Phi) is 3.09. The zero-order chi connectivity index (χ0) is 12.6. The van der Waals surface area contributed by atoms with Crippen molar-refractivity contribution < 1.29 is 17.6 Å². The van der Waals surface area contributed by atoms with Crippen LogP contribution in [0.2, 0.25) is 0 Å². The molecular formula is C11H15NO4S. The number of nitrogens with two attached hydrogens (primary N) is 1. The van der Waals surface area contributed by atoms with Gasteiger partial charge in [0.1, 0.15) is 17.3 Å². The summed E-state index contributed by atoms with van der Waals surface area (Å²) < 4.78 is 28.3. The van der Waals surface area contributed by atoms with E-state index in [0.29, 0.717) is 23.5 Å². The van der Waals surface area contributed by atoms with Crippen molar-refractivity contribution in [2.24, 2.45) is 5.73 Å². The Morgan fingerprint density at radius 1 is 1.47 bits per heavy atom. The van der Waals surface area contributed by atoms with Gasteiger partial charge in [-0.15, -0.1) is 0 Å². The largest absolute Gasteiger partial charge is 0.464 e. The molecule has 94 valence electrons. The normalized spacial score (nSPS) is 17.8. The van der Waals surface area contributed by atoms with Crippen LogP contribution in [0, 0.1) is 6.92 Å². The maximum absolute atomic E-state index is 11.9. The standard InChI is InChI=1S/C11H15NO4S/c1-7-11(9(13)2-4-12)8-3-5-17(14,15)6-10(8)16-7/h2-6,12H2,1H3. The smallest absolute Gasteiger partial charge is 0.167 e. The highest BCUT2D eigenvalue weighted by molar-refractivity contribution is 7.90. The van der Waals surface area contributed by atoms with Crippen LogP contribution in [-0.4, -0.2) is 26.5 Å². The summed E-state index contributed by atoms with van der Waals surface area (Å²) in [5, 5.41) is 0. The van der Waals surface area contributed by atoms with Crippen LogP contribution < -0.4 is 5.73 Å². The van der Waals surface area contributed by atoms with Gasteiger partial charge in [0.15, 0.2) is 15.6 Å². The van der Waals surface area contributed by atoms with E-state index in [1.54, 1.807) is 6.92 Å². The van der Waals surface area contributed by atoms with E-state index < -0.39 is 9.84 Å². The fraction of sp³-hybridized carbons (Fsp3) is 0.545. The zero-order valence-corrected chi connectivity index (χ0v) is 10.5. The molecule has 0 aliphatic carbocycles. The average Bonchev–Trinajstić information content (AvgIpc) is 2.51. The van der Waals surface area contributed by atoms with Gasteiger partial charge in [0.25, 0.3) is 0 Å². The summed E-state index contributed by atoms with van der Waals surface area (Å²) in [6.45, 7) is 1.98. The van der Waals surface area contributed by atoms with Crippen molar-refractivity contribution in [3.05, 3.63) is 22.6 Å². The van der Waals surface area contributed by atoms with Crippen molar-refractivity contribution in [2.45, 2.75) is 25.5 Å². The molecule has 2 rings (SSSR count). The van der Waals surface area contributed by atoms with Crippen LogP contribution in [0.1, 0.15) is 33.9 Å². The van der Waals surface area contributed by atoms with E-state index in [9.17, 15) is 13.2 Å². The minimum absolute atomic E-state index is 0.0608. The number of hydrogen-bond acceptors (Lipinski definition) is 5. The first kappa shape index (κ1) is 12.3. The van der Waals surface area contributed by atoms with E-state index in [1.807, 2.05) is 0 Å². The molecule has 6 heteroatoms. The van der Waals surface area contributed by atoms with E-state index in [2.05, 4.69) is 0 Å². The number of carbonyl (C=O) groups excluding carboxylic acids is 1. The number of carbonyl (C=O) groups is 1. The molecule has 0 saturated carbocycles. The predicted octanol–water partition coefficient (Wildman–Crippen LogP) is 0.590. The lowest BCUT2D eigenvalue weighted by Crippen LogP contribution is -2.19. The maximum atomic E-state index is 11.9. The molecule has 0 bridgehead atoms. The molecule has 0 atom stereocenters. The highest BCUT2D eigenvalue weighted by Crippen LogP contribution is 2.29. The fourth-order valence-electron chi connectivity index (χ4n) is 2.18. The summed E-state index contributed by atoms with van der Waals surface area (Å²) in [4.78, 5) is 11.9. The third-order valence-electron chi connectivity index (χ3n) is 2.93. The number of fused-ring (bicyclic) bond motifs is 1. The van der Waals surface area contributed by atoms with E-state index in [4.69, 9.17) is 10.2 Å². The molecule has 0 unspecified atom stereocenters. The van der Waals surface area contributed by atoms with Crippen LogP contribution in [-0.2, 0) is 22.0 Å². The first-order valence-electron chi connectivity index (χ1n) is 5.49. The monoisotopic (exact) mass is 257 g/mol. The average molecular weight is 257 g/mol. The number of hydrogen-bond donors (Lipinski definition) is 1. The van der Waals surface area contributed by atoms with E-state index in [1.165, 1.54) is 0 Å². The van der Waals surface area contributed by atoms with Crippen molar-refractivity contribution in [1.82, 2.24) is 0 Å². The zero-order valence-electron chi connectivity index (χ0n) is 9.65.